The summed E-state index contributed by atoms with van der Waals surface area (Å²) in [6.07, 6.45) is 1.37. The van der Waals surface area contributed by atoms with Crippen molar-refractivity contribution in [1.29, 1.82) is 0 Å². The molecule has 2 heterocycles. The van der Waals surface area contributed by atoms with Crippen LogP contribution in [0.3, 0.4) is 0 Å². The first-order valence-electron chi connectivity index (χ1n) is 8.80. The highest BCUT2D eigenvalue weighted by Crippen LogP contribution is 2.24. The SMILES string of the molecule is CC(C)(C)OC(=O)N1CCC(CN=C2NS(=O)(=O)c3ccccc32)CC1. The van der Waals surface area contributed by atoms with E-state index in [-0.39, 0.29) is 11.0 Å². The highest BCUT2D eigenvalue weighted by molar-refractivity contribution is 7.90. The molecule has 0 bridgehead atoms. The predicted molar refractivity (Wildman–Crippen MR) is 98.7 cm³/mol. The summed E-state index contributed by atoms with van der Waals surface area (Å²) in [5.41, 5.74) is 0.131. The van der Waals surface area contributed by atoms with Crippen molar-refractivity contribution in [2.24, 2.45) is 10.9 Å². The van der Waals surface area contributed by atoms with Crippen molar-refractivity contribution in [3.05, 3.63) is 29.8 Å². The zero-order valence-corrected chi connectivity index (χ0v) is 16.2. The Labute approximate surface area is 154 Å². The third-order valence-corrected chi connectivity index (χ3v) is 5.83. The Morgan fingerprint density at radius 1 is 1.27 bits per heavy atom. The van der Waals surface area contributed by atoms with Gasteiger partial charge < -0.3 is 9.64 Å². The summed E-state index contributed by atoms with van der Waals surface area (Å²) >= 11 is 0. The number of nitrogens with one attached hydrogen (secondary N) is 1. The fraction of sp³-hybridized carbons (Fsp3) is 0.556. The molecule has 0 aromatic heterocycles. The number of benzene rings is 1. The molecule has 2 aliphatic rings. The number of hydrogen-bond acceptors (Lipinski definition) is 5. The van der Waals surface area contributed by atoms with Gasteiger partial charge in [-0.15, -0.1) is 0 Å². The van der Waals surface area contributed by atoms with Crippen LogP contribution in [-0.4, -0.2) is 50.5 Å². The van der Waals surface area contributed by atoms with Crippen LogP contribution < -0.4 is 4.72 Å². The van der Waals surface area contributed by atoms with Gasteiger partial charge in [0.2, 0.25) is 0 Å². The van der Waals surface area contributed by atoms with Crippen LogP contribution in [0.2, 0.25) is 0 Å². The summed E-state index contributed by atoms with van der Waals surface area (Å²) in [4.78, 5) is 18.6. The predicted octanol–water partition coefficient (Wildman–Crippen LogP) is 2.37. The number of fused-ring (bicyclic) bond motifs is 1. The minimum absolute atomic E-state index is 0.276. The van der Waals surface area contributed by atoms with Crippen molar-refractivity contribution in [2.75, 3.05) is 19.6 Å². The van der Waals surface area contributed by atoms with Gasteiger partial charge in [0.25, 0.3) is 10.0 Å². The number of hydrogen-bond donors (Lipinski definition) is 1. The van der Waals surface area contributed by atoms with Crippen LogP contribution in [0.5, 0.6) is 0 Å². The molecule has 0 radical (unpaired) electrons. The van der Waals surface area contributed by atoms with Crippen LogP contribution in [-0.2, 0) is 14.8 Å². The maximum absolute atomic E-state index is 12.1. The Balaban J connectivity index is 1.58. The third kappa shape index (κ3) is 4.17. The van der Waals surface area contributed by atoms with E-state index in [0.717, 1.165) is 12.8 Å². The van der Waals surface area contributed by atoms with Gasteiger partial charge in [-0.2, -0.15) is 0 Å². The molecule has 142 valence electrons. The van der Waals surface area contributed by atoms with E-state index in [2.05, 4.69) is 9.71 Å². The molecular formula is C18H25N3O4S. The van der Waals surface area contributed by atoms with E-state index < -0.39 is 15.6 Å². The van der Waals surface area contributed by atoms with Crippen molar-refractivity contribution in [3.63, 3.8) is 0 Å². The van der Waals surface area contributed by atoms with Crippen molar-refractivity contribution in [2.45, 2.75) is 44.1 Å². The summed E-state index contributed by atoms with van der Waals surface area (Å²) < 4.78 is 32.1. The highest BCUT2D eigenvalue weighted by atomic mass is 32.2. The molecular weight excluding hydrogens is 354 g/mol. The van der Waals surface area contributed by atoms with E-state index in [1.54, 1.807) is 29.2 Å². The molecule has 0 saturated carbocycles. The second-order valence-corrected chi connectivity index (χ2v) is 9.35. The standard InChI is InChI=1S/C18H25N3O4S/c1-18(2,3)25-17(22)21-10-8-13(9-11-21)12-19-16-14-6-4-5-7-15(14)26(23,24)20-16/h4-7,13H,8-12H2,1-3H3,(H,19,20). The summed E-state index contributed by atoms with van der Waals surface area (Å²) in [5, 5.41) is 0. The van der Waals surface area contributed by atoms with E-state index in [1.165, 1.54) is 0 Å². The van der Waals surface area contributed by atoms with Gasteiger partial charge in [0.05, 0.1) is 4.90 Å². The largest absolute Gasteiger partial charge is 0.444 e. The van der Waals surface area contributed by atoms with Crippen molar-refractivity contribution >= 4 is 22.0 Å². The van der Waals surface area contributed by atoms with Crippen molar-refractivity contribution < 1.29 is 17.9 Å². The van der Waals surface area contributed by atoms with Gasteiger partial charge in [0, 0.05) is 25.2 Å². The second-order valence-electron chi connectivity index (χ2n) is 7.70. The first-order chi connectivity index (χ1) is 12.2. The van der Waals surface area contributed by atoms with Crippen LogP contribution in [0.25, 0.3) is 0 Å². The molecule has 0 aliphatic carbocycles. The Bertz CT molecular complexity index is 819. The average Bonchev–Trinajstić information content (AvgIpc) is 2.83. The lowest BCUT2D eigenvalue weighted by Gasteiger charge is -2.33. The van der Waals surface area contributed by atoms with Gasteiger partial charge in [-0.05, 0) is 51.7 Å². The number of piperidine rings is 1. The van der Waals surface area contributed by atoms with Crippen LogP contribution in [0, 0.1) is 5.92 Å². The number of ether oxygens (including phenoxy) is 1. The van der Waals surface area contributed by atoms with Crippen molar-refractivity contribution in [3.8, 4) is 0 Å². The van der Waals surface area contributed by atoms with Gasteiger partial charge in [-0.25, -0.2) is 13.2 Å². The van der Waals surface area contributed by atoms with Gasteiger partial charge in [0.15, 0.2) is 0 Å². The Hall–Kier alpha value is -2.09. The summed E-state index contributed by atoms with van der Waals surface area (Å²) in [6.45, 7) is 7.37. The molecule has 1 fully saturated rings. The Morgan fingerprint density at radius 3 is 2.58 bits per heavy atom. The number of amides is 1. The first kappa shape index (κ1) is 18.7. The van der Waals surface area contributed by atoms with E-state index in [9.17, 15) is 13.2 Å². The third-order valence-electron chi connectivity index (χ3n) is 4.44. The van der Waals surface area contributed by atoms with E-state index in [0.29, 0.717) is 37.0 Å². The minimum Gasteiger partial charge on any atom is -0.444 e. The number of sulfonamides is 1. The zero-order valence-electron chi connectivity index (χ0n) is 15.4. The van der Waals surface area contributed by atoms with Crippen LogP contribution >= 0.6 is 0 Å². The lowest BCUT2D eigenvalue weighted by molar-refractivity contribution is 0.0187. The smallest absolute Gasteiger partial charge is 0.410 e. The number of carbonyl (C=O) groups is 1. The summed E-state index contributed by atoms with van der Waals surface area (Å²) in [7, 11) is -3.50. The zero-order chi connectivity index (χ0) is 18.9. The van der Waals surface area contributed by atoms with Gasteiger partial charge in [-0.1, -0.05) is 12.1 Å². The molecule has 1 aromatic rings. The van der Waals surface area contributed by atoms with Crippen molar-refractivity contribution in [1.82, 2.24) is 9.62 Å². The molecule has 7 nitrogen and oxygen atoms in total. The fourth-order valence-corrected chi connectivity index (χ4v) is 4.35. The maximum Gasteiger partial charge on any atom is 0.410 e. The second kappa shape index (κ2) is 6.90. The molecule has 3 rings (SSSR count). The molecule has 8 heteroatoms. The molecule has 1 N–H and O–H groups in total. The molecule has 1 aromatic carbocycles. The van der Waals surface area contributed by atoms with Gasteiger partial charge in [-0.3, -0.25) is 9.71 Å². The summed E-state index contributed by atoms with van der Waals surface area (Å²) in [6, 6.07) is 6.85. The molecule has 0 spiro atoms. The molecule has 2 aliphatic heterocycles. The fourth-order valence-electron chi connectivity index (χ4n) is 3.10. The molecule has 26 heavy (non-hydrogen) atoms. The lowest BCUT2D eigenvalue weighted by Crippen LogP contribution is -2.42. The van der Waals surface area contributed by atoms with E-state index >= 15 is 0 Å². The first-order valence-corrected chi connectivity index (χ1v) is 10.3. The monoisotopic (exact) mass is 379 g/mol. The number of likely N-dealkylation sites (tertiary alicyclic amines) is 1. The average molecular weight is 379 g/mol. The summed E-state index contributed by atoms with van der Waals surface area (Å²) in [5.74, 6) is 0.730. The number of nitrogens with zero attached hydrogens (tertiary/aromatic N) is 2. The van der Waals surface area contributed by atoms with Crippen LogP contribution in [0.4, 0.5) is 4.79 Å². The number of aliphatic imine (C=N–C) groups is 1. The number of amidine groups is 1. The highest BCUT2D eigenvalue weighted by Gasteiger charge is 2.31. The molecule has 1 saturated heterocycles. The number of carbonyl (C=O) groups excluding carboxylic acids is 1. The quantitative estimate of drug-likeness (QED) is 0.854. The van der Waals surface area contributed by atoms with E-state index in [4.69, 9.17) is 4.74 Å². The maximum atomic E-state index is 12.1. The number of rotatable bonds is 2. The minimum atomic E-state index is -3.50. The van der Waals surface area contributed by atoms with Crippen LogP contribution in [0.15, 0.2) is 34.2 Å². The normalized spacial score (nSPS) is 21.3. The van der Waals surface area contributed by atoms with Crippen LogP contribution in [0.1, 0.15) is 39.2 Å². The molecule has 0 atom stereocenters. The van der Waals surface area contributed by atoms with Gasteiger partial charge >= 0.3 is 6.09 Å². The Morgan fingerprint density at radius 2 is 1.92 bits per heavy atom. The topological polar surface area (TPSA) is 88.1 Å². The molecule has 1 amide bonds. The van der Waals surface area contributed by atoms with E-state index in [1.807, 2.05) is 20.8 Å². The lowest BCUT2D eigenvalue weighted by atomic mass is 9.97. The Kier molecular flexibility index (Phi) is 4.96. The molecule has 0 unspecified atom stereocenters. The van der Waals surface area contributed by atoms with Gasteiger partial charge in [0.1, 0.15) is 11.4 Å².